The van der Waals surface area contributed by atoms with E-state index in [1.807, 2.05) is 19.1 Å². The number of carbonyl (C=O) groups is 1. The molecular formula is C16H24O2. The van der Waals surface area contributed by atoms with Crippen LogP contribution in [-0.2, 0) is 22.4 Å². The molecule has 0 bridgehead atoms. The summed E-state index contributed by atoms with van der Waals surface area (Å²) in [6.07, 6.45) is 6.68. The van der Waals surface area contributed by atoms with Crippen molar-refractivity contribution in [2.24, 2.45) is 0 Å². The monoisotopic (exact) mass is 248 g/mol. The summed E-state index contributed by atoms with van der Waals surface area (Å²) in [5.74, 6) is -0.145. The zero-order chi connectivity index (χ0) is 13.2. The van der Waals surface area contributed by atoms with Gasteiger partial charge in [0.2, 0.25) is 0 Å². The molecule has 2 heteroatoms. The molecule has 0 saturated carbocycles. The average Bonchev–Trinajstić information content (AvgIpc) is 2.37. The van der Waals surface area contributed by atoms with Crippen LogP contribution in [0.25, 0.3) is 0 Å². The van der Waals surface area contributed by atoms with Crippen LogP contribution in [0.3, 0.4) is 0 Å². The molecule has 100 valence electrons. The molecule has 0 N–H and O–H groups in total. The molecule has 0 amide bonds. The Hall–Kier alpha value is -1.31. The van der Waals surface area contributed by atoms with Gasteiger partial charge in [-0.3, -0.25) is 4.79 Å². The van der Waals surface area contributed by atoms with Crippen molar-refractivity contribution in [1.29, 1.82) is 0 Å². The molecule has 0 fully saturated rings. The lowest BCUT2D eigenvalue weighted by Gasteiger charge is -2.04. The average molecular weight is 248 g/mol. The van der Waals surface area contributed by atoms with Crippen LogP contribution in [-0.4, -0.2) is 12.6 Å². The highest BCUT2D eigenvalue weighted by Crippen LogP contribution is 2.10. The second kappa shape index (κ2) is 8.73. The van der Waals surface area contributed by atoms with Crippen LogP contribution in [0.1, 0.15) is 50.7 Å². The molecule has 0 aliphatic heterocycles. The Kier molecular flexibility index (Phi) is 7.16. The number of ether oxygens (including phenoxy) is 1. The quantitative estimate of drug-likeness (QED) is 0.515. The summed E-state index contributed by atoms with van der Waals surface area (Å²) in [5.41, 5.74) is 2.39. The van der Waals surface area contributed by atoms with Gasteiger partial charge in [-0.15, -0.1) is 0 Å². The van der Waals surface area contributed by atoms with E-state index in [0.29, 0.717) is 13.0 Å². The number of unbranched alkanes of at least 4 members (excludes halogenated alkanes) is 3. The molecule has 0 unspecified atom stereocenters. The molecule has 0 heterocycles. The Morgan fingerprint density at radius 2 is 1.67 bits per heavy atom. The molecule has 18 heavy (non-hydrogen) atoms. The van der Waals surface area contributed by atoms with Gasteiger partial charge in [0.25, 0.3) is 0 Å². The van der Waals surface area contributed by atoms with E-state index in [1.165, 1.54) is 31.2 Å². The van der Waals surface area contributed by atoms with Crippen molar-refractivity contribution in [3.63, 3.8) is 0 Å². The van der Waals surface area contributed by atoms with E-state index in [2.05, 4.69) is 19.1 Å². The first-order valence-corrected chi connectivity index (χ1v) is 6.99. The lowest BCUT2D eigenvalue weighted by atomic mass is 10.0. The normalized spacial score (nSPS) is 10.3. The van der Waals surface area contributed by atoms with E-state index in [0.717, 1.165) is 12.0 Å². The van der Waals surface area contributed by atoms with Crippen molar-refractivity contribution in [1.82, 2.24) is 0 Å². The molecule has 0 atom stereocenters. The second-order valence-electron chi connectivity index (χ2n) is 4.61. The van der Waals surface area contributed by atoms with E-state index < -0.39 is 0 Å². The van der Waals surface area contributed by atoms with Gasteiger partial charge < -0.3 is 4.74 Å². The Morgan fingerprint density at radius 1 is 1.00 bits per heavy atom. The highest BCUT2D eigenvalue weighted by Gasteiger charge is 2.03. The fourth-order valence-corrected chi connectivity index (χ4v) is 1.96. The van der Waals surface area contributed by atoms with Gasteiger partial charge in [-0.25, -0.2) is 0 Å². The van der Waals surface area contributed by atoms with Crippen molar-refractivity contribution < 1.29 is 9.53 Å². The Morgan fingerprint density at radius 3 is 2.28 bits per heavy atom. The highest BCUT2D eigenvalue weighted by molar-refractivity contribution is 5.72. The SMILES string of the molecule is CCCCCCc1ccc(CC(=O)OCC)cc1. The minimum absolute atomic E-state index is 0.145. The van der Waals surface area contributed by atoms with Crippen molar-refractivity contribution in [3.8, 4) is 0 Å². The predicted molar refractivity (Wildman–Crippen MR) is 74.6 cm³/mol. The topological polar surface area (TPSA) is 26.3 Å². The van der Waals surface area contributed by atoms with Gasteiger partial charge in [0.15, 0.2) is 0 Å². The first kappa shape index (κ1) is 14.7. The number of hydrogen-bond donors (Lipinski definition) is 0. The number of esters is 1. The van der Waals surface area contributed by atoms with Gasteiger partial charge in [0.1, 0.15) is 0 Å². The number of hydrogen-bond acceptors (Lipinski definition) is 2. The predicted octanol–water partition coefficient (Wildman–Crippen LogP) is 3.92. The maximum Gasteiger partial charge on any atom is 0.310 e. The maximum absolute atomic E-state index is 11.3. The summed E-state index contributed by atoms with van der Waals surface area (Å²) >= 11 is 0. The van der Waals surface area contributed by atoms with E-state index in [1.54, 1.807) is 0 Å². The molecule has 0 spiro atoms. The van der Waals surface area contributed by atoms with Gasteiger partial charge in [-0.05, 0) is 30.9 Å². The van der Waals surface area contributed by atoms with E-state index in [4.69, 9.17) is 4.74 Å². The van der Waals surface area contributed by atoms with Crippen molar-refractivity contribution in [3.05, 3.63) is 35.4 Å². The van der Waals surface area contributed by atoms with Crippen LogP contribution in [0.15, 0.2) is 24.3 Å². The summed E-state index contributed by atoms with van der Waals surface area (Å²) in [6, 6.07) is 8.32. The first-order chi connectivity index (χ1) is 8.76. The first-order valence-electron chi connectivity index (χ1n) is 6.99. The van der Waals surface area contributed by atoms with Crippen LogP contribution in [0, 0.1) is 0 Å². The Labute approximate surface area is 110 Å². The number of carbonyl (C=O) groups excluding carboxylic acids is 1. The molecule has 1 aromatic rings. The summed E-state index contributed by atoms with van der Waals surface area (Å²) in [4.78, 5) is 11.3. The van der Waals surface area contributed by atoms with Gasteiger partial charge in [-0.2, -0.15) is 0 Å². The maximum atomic E-state index is 11.3. The summed E-state index contributed by atoms with van der Waals surface area (Å²) < 4.78 is 4.93. The van der Waals surface area contributed by atoms with Gasteiger partial charge >= 0.3 is 5.97 Å². The smallest absolute Gasteiger partial charge is 0.310 e. The van der Waals surface area contributed by atoms with Gasteiger partial charge in [-0.1, -0.05) is 50.5 Å². The minimum atomic E-state index is -0.145. The summed E-state index contributed by atoms with van der Waals surface area (Å²) in [6.45, 7) is 4.51. The molecule has 0 aliphatic carbocycles. The zero-order valence-electron chi connectivity index (χ0n) is 11.6. The van der Waals surface area contributed by atoms with Crippen molar-refractivity contribution in [2.45, 2.75) is 52.4 Å². The molecule has 0 saturated heterocycles. The number of aryl methyl sites for hydroxylation is 1. The van der Waals surface area contributed by atoms with Crippen molar-refractivity contribution in [2.75, 3.05) is 6.61 Å². The fraction of sp³-hybridized carbons (Fsp3) is 0.562. The molecular weight excluding hydrogens is 224 g/mol. The number of benzene rings is 1. The number of rotatable bonds is 8. The fourth-order valence-electron chi connectivity index (χ4n) is 1.96. The van der Waals surface area contributed by atoms with E-state index >= 15 is 0 Å². The standard InChI is InChI=1S/C16H24O2/c1-3-5-6-7-8-14-9-11-15(12-10-14)13-16(17)18-4-2/h9-12H,3-8,13H2,1-2H3. The highest BCUT2D eigenvalue weighted by atomic mass is 16.5. The lowest BCUT2D eigenvalue weighted by Crippen LogP contribution is -2.07. The molecule has 2 nitrogen and oxygen atoms in total. The third kappa shape index (κ3) is 5.85. The minimum Gasteiger partial charge on any atom is -0.466 e. The second-order valence-corrected chi connectivity index (χ2v) is 4.61. The molecule has 0 radical (unpaired) electrons. The van der Waals surface area contributed by atoms with E-state index in [9.17, 15) is 4.79 Å². The van der Waals surface area contributed by atoms with Crippen molar-refractivity contribution >= 4 is 5.97 Å². The van der Waals surface area contributed by atoms with Crippen LogP contribution < -0.4 is 0 Å². The Balaban J connectivity index is 2.35. The van der Waals surface area contributed by atoms with Crippen LogP contribution >= 0.6 is 0 Å². The van der Waals surface area contributed by atoms with Gasteiger partial charge in [0, 0.05) is 0 Å². The third-order valence-corrected chi connectivity index (χ3v) is 3.00. The van der Waals surface area contributed by atoms with Crippen LogP contribution in [0.5, 0.6) is 0 Å². The molecule has 1 aromatic carbocycles. The molecule has 0 aromatic heterocycles. The zero-order valence-corrected chi connectivity index (χ0v) is 11.6. The van der Waals surface area contributed by atoms with Crippen LogP contribution in [0.4, 0.5) is 0 Å². The largest absolute Gasteiger partial charge is 0.466 e. The van der Waals surface area contributed by atoms with E-state index in [-0.39, 0.29) is 5.97 Å². The van der Waals surface area contributed by atoms with Crippen LogP contribution in [0.2, 0.25) is 0 Å². The summed E-state index contributed by atoms with van der Waals surface area (Å²) in [5, 5.41) is 0. The van der Waals surface area contributed by atoms with Gasteiger partial charge in [0.05, 0.1) is 13.0 Å². The molecule has 1 rings (SSSR count). The molecule has 0 aliphatic rings. The third-order valence-electron chi connectivity index (χ3n) is 3.00. The lowest BCUT2D eigenvalue weighted by molar-refractivity contribution is -0.142. The summed E-state index contributed by atoms with van der Waals surface area (Å²) in [7, 11) is 0. The Bertz CT molecular complexity index is 341.